The number of carbonyl (C=O) groups is 1. The number of carbonyl (C=O) groups excluding carboxylic acids is 1. The van der Waals surface area contributed by atoms with E-state index in [4.69, 9.17) is 9.47 Å². The number of phenols is 1. The van der Waals surface area contributed by atoms with Gasteiger partial charge in [-0.05, 0) is 42.5 Å². The summed E-state index contributed by atoms with van der Waals surface area (Å²) < 4.78 is 11.8. The van der Waals surface area contributed by atoms with Gasteiger partial charge in [-0.15, -0.1) is 5.10 Å². The molecule has 1 unspecified atom stereocenters. The number of amides is 1. The number of rotatable bonds is 3. The minimum Gasteiger partial charge on any atom is -0.504 e. The Morgan fingerprint density at radius 2 is 2.00 bits per heavy atom. The molecule has 1 N–H and O–H groups in total. The molecule has 24 heavy (non-hydrogen) atoms. The van der Waals surface area contributed by atoms with Gasteiger partial charge in [-0.3, -0.25) is 4.79 Å². The van der Waals surface area contributed by atoms with Gasteiger partial charge in [0.2, 0.25) is 18.0 Å². The summed E-state index contributed by atoms with van der Waals surface area (Å²) in [6.45, 7) is 1.41. The van der Waals surface area contributed by atoms with E-state index >= 15 is 0 Å². The van der Waals surface area contributed by atoms with Crippen molar-refractivity contribution in [2.24, 2.45) is 5.10 Å². The second kappa shape index (κ2) is 6.52. The van der Waals surface area contributed by atoms with Crippen molar-refractivity contribution in [1.82, 2.24) is 5.01 Å². The number of hydrogen-bond acceptors (Lipinski definition) is 5. The molecule has 1 amide bonds. The first-order valence-electron chi connectivity index (χ1n) is 7.17. The van der Waals surface area contributed by atoms with Gasteiger partial charge in [0.25, 0.3) is 0 Å². The maximum absolute atomic E-state index is 11.9. The van der Waals surface area contributed by atoms with Crippen molar-refractivity contribution >= 4 is 27.7 Å². The lowest BCUT2D eigenvalue weighted by Crippen LogP contribution is -2.25. The molecule has 1 heterocycles. The number of ether oxygens (including phenoxy) is 2. The van der Waals surface area contributed by atoms with Gasteiger partial charge in [-0.25, -0.2) is 0 Å². The molecule has 7 heteroatoms. The van der Waals surface area contributed by atoms with Crippen molar-refractivity contribution in [2.75, 3.05) is 7.11 Å². The highest BCUT2D eigenvalue weighted by Crippen LogP contribution is 2.35. The van der Waals surface area contributed by atoms with E-state index in [0.29, 0.717) is 17.2 Å². The molecule has 2 aromatic carbocycles. The van der Waals surface area contributed by atoms with Gasteiger partial charge in [0, 0.05) is 22.5 Å². The monoisotopic (exact) mass is 390 g/mol. The highest BCUT2D eigenvalue weighted by atomic mass is 79.9. The summed E-state index contributed by atoms with van der Waals surface area (Å²) in [5, 5.41) is 15.5. The summed E-state index contributed by atoms with van der Waals surface area (Å²) in [6.07, 6.45) is -0.738. The number of methoxy groups -OCH3 is 1. The molecule has 0 saturated heterocycles. The van der Waals surface area contributed by atoms with Crippen LogP contribution in [0.1, 0.15) is 24.3 Å². The minimum atomic E-state index is -0.738. The second-order valence-corrected chi connectivity index (χ2v) is 6.09. The van der Waals surface area contributed by atoms with Crippen molar-refractivity contribution in [3.05, 3.63) is 58.1 Å². The van der Waals surface area contributed by atoms with Gasteiger partial charge in [0.05, 0.1) is 7.11 Å². The molecule has 6 nitrogen and oxygen atoms in total. The SMILES string of the molecule is COc1ccc(C2OC(c3ccc(Br)cc3)=NN2C(C)=O)cc1O. The number of halogens is 1. The summed E-state index contributed by atoms with van der Waals surface area (Å²) in [6, 6.07) is 12.3. The number of hydrazone groups is 1. The Morgan fingerprint density at radius 1 is 1.29 bits per heavy atom. The molecule has 0 spiro atoms. The molecular weight excluding hydrogens is 376 g/mol. The normalized spacial score (nSPS) is 16.5. The zero-order valence-corrected chi connectivity index (χ0v) is 14.6. The average molecular weight is 391 g/mol. The smallest absolute Gasteiger partial charge is 0.243 e. The molecule has 0 aliphatic carbocycles. The molecule has 0 aromatic heterocycles. The number of hydrogen-bond donors (Lipinski definition) is 1. The Labute approximate surface area is 147 Å². The van der Waals surface area contributed by atoms with Crippen LogP contribution in [0.5, 0.6) is 11.5 Å². The lowest BCUT2D eigenvalue weighted by Gasteiger charge is -2.19. The third kappa shape index (κ3) is 3.07. The van der Waals surface area contributed by atoms with Crippen molar-refractivity contribution in [3.8, 4) is 11.5 Å². The van der Waals surface area contributed by atoms with Gasteiger partial charge in [0.15, 0.2) is 11.5 Å². The summed E-state index contributed by atoms with van der Waals surface area (Å²) in [5.41, 5.74) is 1.35. The highest BCUT2D eigenvalue weighted by molar-refractivity contribution is 9.10. The first kappa shape index (κ1) is 16.3. The zero-order valence-electron chi connectivity index (χ0n) is 13.1. The summed E-state index contributed by atoms with van der Waals surface area (Å²) in [5.74, 6) is 0.403. The Kier molecular flexibility index (Phi) is 4.44. The Morgan fingerprint density at radius 3 is 2.58 bits per heavy atom. The van der Waals surface area contributed by atoms with E-state index in [1.54, 1.807) is 12.1 Å². The van der Waals surface area contributed by atoms with Crippen LogP contribution in [0.3, 0.4) is 0 Å². The van der Waals surface area contributed by atoms with Crippen LogP contribution >= 0.6 is 15.9 Å². The third-order valence-corrected chi connectivity index (χ3v) is 4.07. The van der Waals surface area contributed by atoms with Crippen LogP contribution in [-0.4, -0.2) is 29.0 Å². The van der Waals surface area contributed by atoms with Gasteiger partial charge >= 0.3 is 0 Å². The van der Waals surface area contributed by atoms with Gasteiger partial charge in [-0.1, -0.05) is 15.9 Å². The first-order chi connectivity index (χ1) is 11.5. The standard InChI is InChI=1S/C17H15BrN2O4/c1-10(21)20-17(12-5-8-15(23-2)14(22)9-12)24-16(19-20)11-3-6-13(18)7-4-11/h3-9,17,22H,1-2H3. The van der Waals surface area contributed by atoms with Crippen LogP contribution in [0.4, 0.5) is 0 Å². The van der Waals surface area contributed by atoms with Crippen LogP contribution in [-0.2, 0) is 9.53 Å². The van der Waals surface area contributed by atoms with Crippen LogP contribution < -0.4 is 4.74 Å². The molecule has 1 atom stereocenters. The molecule has 0 saturated carbocycles. The second-order valence-electron chi connectivity index (χ2n) is 5.18. The number of benzene rings is 2. The summed E-state index contributed by atoms with van der Waals surface area (Å²) in [7, 11) is 1.47. The van der Waals surface area contributed by atoms with Gasteiger partial charge < -0.3 is 14.6 Å². The predicted molar refractivity (Wildman–Crippen MR) is 91.7 cm³/mol. The lowest BCUT2D eigenvalue weighted by molar-refractivity contribution is -0.135. The topological polar surface area (TPSA) is 71.4 Å². The number of aromatic hydroxyl groups is 1. The molecule has 1 aliphatic rings. The molecule has 0 bridgehead atoms. The highest BCUT2D eigenvalue weighted by Gasteiger charge is 2.33. The fourth-order valence-corrected chi connectivity index (χ4v) is 2.62. The minimum absolute atomic E-state index is 0.0285. The van der Waals surface area contributed by atoms with Crippen LogP contribution in [0.15, 0.2) is 52.0 Å². The summed E-state index contributed by atoms with van der Waals surface area (Å²) in [4.78, 5) is 11.9. The number of phenolic OH excluding ortho intramolecular Hbond substituents is 1. The molecule has 1 aliphatic heterocycles. The molecule has 124 valence electrons. The first-order valence-corrected chi connectivity index (χ1v) is 7.97. The van der Waals surface area contributed by atoms with Gasteiger partial charge in [-0.2, -0.15) is 5.01 Å². The van der Waals surface area contributed by atoms with Crippen molar-refractivity contribution < 1.29 is 19.4 Å². The fraction of sp³-hybridized carbons (Fsp3) is 0.176. The lowest BCUT2D eigenvalue weighted by atomic mass is 10.1. The van der Waals surface area contributed by atoms with E-state index in [1.807, 2.05) is 24.3 Å². The van der Waals surface area contributed by atoms with Crippen LogP contribution in [0, 0.1) is 0 Å². The summed E-state index contributed by atoms with van der Waals surface area (Å²) >= 11 is 3.37. The maximum atomic E-state index is 11.9. The third-order valence-electron chi connectivity index (χ3n) is 3.55. The van der Waals surface area contributed by atoms with E-state index in [0.717, 1.165) is 10.0 Å². The average Bonchev–Trinajstić information content (AvgIpc) is 3.01. The largest absolute Gasteiger partial charge is 0.504 e. The molecule has 3 rings (SSSR count). The Balaban J connectivity index is 1.93. The van der Waals surface area contributed by atoms with Crippen molar-refractivity contribution in [3.63, 3.8) is 0 Å². The number of nitrogens with zero attached hydrogens (tertiary/aromatic N) is 2. The van der Waals surface area contributed by atoms with Crippen LogP contribution in [0.2, 0.25) is 0 Å². The van der Waals surface area contributed by atoms with Gasteiger partial charge in [0.1, 0.15) is 0 Å². The van der Waals surface area contributed by atoms with Crippen molar-refractivity contribution in [2.45, 2.75) is 13.2 Å². The quantitative estimate of drug-likeness (QED) is 0.871. The molecule has 0 radical (unpaired) electrons. The van der Waals surface area contributed by atoms with E-state index < -0.39 is 6.23 Å². The molecular formula is C17H15BrN2O4. The molecule has 0 fully saturated rings. The van der Waals surface area contributed by atoms with E-state index in [9.17, 15) is 9.90 Å². The Bertz CT molecular complexity index is 805. The fourth-order valence-electron chi connectivity index (χ4n) is 2.35. The van der Waals surface area contributed by atoms with Crippen molar-refractivity contribution in [1.29, 1.82) is 0 Å². The Hall–Kier alpha value is -2.54. The van der Waals surface area contributed by atoms with Crippen LogP contribution in [0.25, 0.3) is 0 Å². The zero-order chi connectivity index (χ0) is 17.3. The molecule has 2 aromatic rings. The van der Waals surface area contributed by atoms with E-state index in [1.165, 1.54) is 25.1 Å². The predicted octanol–water partition coefficient (Wildman–Crippen LogP) is 3.40. The van der Waals surface area contributed by atoms with E-state index in [2.05, 4.69) is 21.0 Å². The maximum Gasteiger partial charge on any atom is 0.243 e. The van der Waals surface area contributed by atoms with E-state index in [-0.39, 0.29) is 11.7 Å².